The van der Waals surface area contributed by atoms with Gasteiger partial charge in [-0.2, -0.15) is 5.10 Å². The fourth-order valence-corrected chi connectivity index (χ4v) is 3.65. The molecule has 3 heterocycles. The van der Waals surface area contributed by atoms with Crippen molar-refractivity contribution in [3.05, 3.63) is 96.4 Å². The van der Waals surface area contributed by atoms with Crippen LogP contribution >= 0.6 is 0 Å². The van der Waals surface area contributed by atoms with E-state index in [-0.39, 0.29) is 5.91 Å². The average Bonchev–Trinajstić information content (AvgIpc) is 3.40. The summed E-state index contributed by atoms with van der Waals surface area (Å²) in [6.07, 6.45) is 6.15. The number of benzene rings is 2. The highest BCUT2D eigenvalue weighted by Gasteiger charge is 2.29. The van der Waals surface area contributed by atoms with Gasteiger partial charge in [0.05, 0.1) is 11.3 Å². The quantitative estimate of drug-likeness (QED) is 0.548. The van der Waals surface area contributed by atoms with Gasteiger partial charge in [-0.25, -0.2) is 4.68 Å². The van der Waals surface area contributed by atoms with Gasteiger partial charge in [0.25, 0.3) is 5.91 Å². The van der Waals surface area contributed by atoms with E-state index in [1.807, 2.05) is 71.8 Å². The summed E-state index contributed by atoms with van der Waals surface area (Å²) in [5.74, 6) is -0.0361. The second kappa shape index (κ2) is 6.78. The number of rotatable bonds is 3. The van der Waals surface area contributed by atoms with Crippen molar-refractivity contribution < 1.29 is 4.79 Å². The molecule has 1 amide bonds. The van der Waals surface area contributed by atoms with E-state index in [2.05, 4.69) is 11.1 Å². The van der Waals surface area contributed by atoms with Crippen LogP contribution in [0.15, 0.2) is 85.3 Å². The third kappa shape index (κ3) is 2.77. The Labute approximate surface area is 162 Å². The van der Waals surface area contributed by atoms with Gasteiger partial charge < -0.3 is 4.90 Å². The number of nitrogens with zero attached hydrogens (tertiary/aromatic N) is 4. The summed E-state index contributed by atoms with van der Waals surface area (Å²) in [5.41, 5.74) is 5.15. The van der Waals surface area contributed by atoms with Crippen molar-refractivity contribution in [2.45, 2.75) is 6.42 Å². The number of hydrogen-bond acceptors (Lipinski definition) is 3. The molecule has 0 fully saturated rings. The van der Waals surface area contributed by atoms with Crippen molar-refractivity contribution >= 4 is 11.6 Å². The first-order valence-electron chi connectivity index (χ1n) is 9.26. The Hall–Kier alpha value is -3.73. The number of para-hydroxylation sites is 2. The number of hydrogen-bond donors (Lipinski definition) is 0. The van der Waals surface area contributed by atoms with Crippen LogP contribution in [0.25, 0.3) is 16.9 Å². The summed E-state index contributed by atoms with van der Waals surface area (Å²) in [7, 11) is 0. The molecule has 0 aliphatic carbocycles. The molecule has 0 radical (unpaired) electrons. The van der Waals surface area contributed by atoms with Crippen molar-refractivity contribution in [2.24, 2.45) is 0 Å². The fraction of sp³-hybridized carbons (Fsp3) is 0.0870. The molecule has 5 nitrogen and oxygen atoms in total. The van der Waals surface area contributed by atoms with Gasteiger partial charge in [0.1, 0.15) is 5.69 Å². The lowest BCUT2D eigenvalue weighted by Gasteiger charge is -2.17. The molecule has 28 heavy (non-hydrogen) atoms. The normalized spacial score (nSPS) is 12.8. The second-order valence-electron chi connectivity index (χ2n) is 6.75. The smallest absolute Gasteiger partial charge is 0.262 e. The number of aromatic nitrogens is 3. The van der Waals surface area contributed by atoms with E-state index in [1.165, 1.54) is 5.56 Å². The topological polar surface area (TPSA) is 51.0 Å². The van der Waals surface area contributed by atoms with E-state index >= 15 is 0 Å². The van der Waals surface area contributed by atoms with Crippen LogP contribution < -0.4 is 4.90 Å². The molecule has 2 aromatic carbocycles. The minimum Gasteiger partial charge on any atom is -0.308 e. The zero-order chi connectivity index (χ0) is 18.9. The van der Waals surface area contributed by atoms with Crippen LogP contribution in [0.3, 0.4) is 0 Å². The maximum Gasteiger partial charge on any atom is 0.262 e. The van der Waals surface area contributed by atoms with E-state index in [0.717, 1.165) is 23.4 Å². The molecular weight excluding hydrogens is 348 g/mol. The van der Waals surface area contributed by atoms with Gasteiger partial charge in [-0.3, -0.25) is 9.78 Å². The molecule has 0 unspecified atom stereocenters. The predicted molar refractivity (Wildman–Crippen MR) is 109 cm³/mol. The van der Waals surface area contributed by atoms with Gasteiger partial charge in [0, 0.05) is 36.4 Å². The minimum absolute atomic E-state index is 0.0361. The van der Waals surface area contributed by atoms with Crippen LogP contribution in [0.5, 0.6) is 0 Å². The standard InChI is InChI=1S/C23H18N4O/c28-23(26-14-12-17-7-4-5-11-21(17)26)20-16-27(19-9-2-1-3-10-19)25-22(20)18-8-6-13-24-15-18/h1-11,13,15-16H,12,14H2. The Balaban J connectivity index is 1.62. The van der Waals surface area contributed by atoms with Gasteiger partial charge >= 0.3 is 0 Å². The van der Waals surface area contributed by atoms with E-state index in [1.54, 1.807) is 17.1 Å². The van der Waals surface area contributed by atoms with Gasteiger partial charge in [-0.1, -0.05) is 36.4 Å². The number of carbonyl (C=O) groups excluding carboxylic acids is 1. The SMILES string of the molecule is O=C(c1cn(-c2ccccc2)nc1-c1cccnc1)N1CCc2ccccc21. The first-order chi connectivity index (χ1) is 13.8. The third-order valence-electron chi connectivity index (χ3n) is 5.03. The second-order valence-corrected chi connectivity index (χ2v) is 6.75. The molecule has 1 aliphatic heterocycles. The van der Waals surface area contributed by atoms with E-state index in [0.29, 0.717) is 17.8 Å². The number of anilines is 1. The molecule has 0 atom stereocenters. The maximum absolute atomic E-state index is 13.5. The lowest BCUT2D eigenvalue weighted by molar-refractivity contribution is 0.0990. The molecule has 0 saturated carbocycles. The van der Waals surface area contributed by atoms with Crippen molar-refractivity contribution in [1.82, 2.24) is 14.8 Å². The molecule has 1 aliphatic rings. The minimum atomic E-state index is -0.0361. The van der Waals surface area contributed by atoms with Crippen molar-refractivity contribution in [2.75, 3.05) is 11.4 Å². The molecule has 0 N–H and O–H groups in total. The Morgan fingerprint density at radius 2 is 1.75 bits per heavy atom. The molecule has 0 spiro atoms. The Morgan fingerprint density at radius 1 is 0.929 bits per heavy atom. The van der Waals surface area contributed by atoms with Crippen molar-refractivity contribution in [3.63, 3.8) is 0 Å². The highest BCUT2D eigenvalue weighted by atomic mass is 16.2. The summed E-state index contributed by atoms with van der Waals surface area (Å²) >= 11 is 0. The van der Waals surface area contributed by atoms with Gasteiger partial charge in [-0.15, -0.1) is 0 Å². The fourth-order valence-electron chi connectivity index (χ4n) is 3.65. The van der Waals surface area contributed by atoms with Crippen LogP contribution in [-0.4, -0.2) is 27.2 Å². The molecule has 0 saturated heterocycles. The lowest BCUT2D eigenvalue weighted by Crippen LogP contribution is -2.29. The Kier molecular flexibility index (Phi) is 3.98. The molecule has 2 aromatic heterocycles. The molecule has 4 aromatic rings. The van der Waals surface area contributed by atoms with Crippen LogP contribution in [0.1, 0.15) is 15.9 Å². The number of amides is 1. The Bertz CT molecular complexity index is 1140. The highest BCUT2D eigenvalue weighted by Crippen LogP contribution is 2.31. The number of fused-ring (bicyclic) bond motifs is 1. The number of pyridine rings is 1. The van der Waals surface area contributed by atoms with Crippen LogP contribution in [0.2, 0.25) is 0 Å². The van der Waals surface area contributed by atoms with E-state index in [9.17, 15) is 4.79 Å². The zero-order valence-corrected chi connectivity index (χ0v) is 15.2. The molecule has 5 rings (SSSR count). The highest BCUT2D eigenvalue weighted by molar-refractivity contribution is 6.10. The number of carbonyl (C=O) groups is 1. The van der Waals surface area contributed by atoms with Crippen LogP contribution in [0.4, 0.5) is 5.69 Å². The summed E-state index contributed by atoms with van der Waals surface area (Å²) < 4.78 is 1.76. The largest absolute Gasteiger partial charge is 0.308 e. The monoisotopic (exact) mass is 366 g/mol. The predicted octanol–water partition coefficient (Wildman–Crippen LogP) is 4.14. The molecule has 5 heteroatoms. The summed E-state index contributed by atoms with van der Waals surface area (Å²) in [5, 5.41) is 4.73. The lowest BCUT2D eigenvalue weighted by atomic mass is 10.1. The van der Waals surface area contributed by atoms with Gasteiger partial charge in [0.15, 0.2) is 0 Å². The Morgan fingerprint density at radius 3 is 2.57 bits per heavy atom. The molecule has 0 bridgehead atoms. The average molecular weight is 366 g/mol. The first kappa shape index (κ1) is 16.4. The summed E-state index contributed by atoms with van der Waals surface area (Å²) in [4.78, 5) is 19.6. The molecular formula is C23H18N4O. The first-order valence-corrected chi connectivity index (χ1v) is 9.26. The summed E-state index contributed by atoms with van der Waals surface area (Å²) in [6, 6.07) is 21.7. The van der Waals surface area contributed by atoms with Crippen molar-refractivity contribution in [1.29, 1.82) is 0 Å². The summed E-state index contributed by atoms with van der Waals surface area (Å²) in [6.45, 7) is 0.682. The van der Waals surface area contributed by atoms with Crippen LogP contribution in [0, 0.1) is 0 Å². The van der Waals surface area contributed by atoms with Crippen molar-refractivity contribution in [3.8, 4) is 16.9 Å². The molecule has 136 valence electrons. The maximum atomic E-state index is 13.5. The van der Waals surface area contributed by atoms with Crippen LogP contribution in [-0.2, 0) is 6.42 Å². The third-order valence-corrected chi connectivity index (χ3v) is 5.03. The van der Waals surface area contributed by atoms with Gasteiger partial charge in [0.2, 0.25) is 0 Å². The van der Waals surface area contributed by atoms with E-state index in [4.69, 9.17) is 5.10 Å². The van der Waals surface area contributed by atoms with E-state index < -0.39 is 0 Å². The zero-order valence-electron chi connectivity index (χ0n) is 15.2. The van der Waals surface area contributed by atoms with Gasteiger partial charge in [-0.05, 0) is 42.3 Å².